The van der Waals surface area contributed by atoms with Gasteiger partial charge >= 0.3 is 5.97 Å². The van der Waals surface area contributed by atoms with Crippen LogP contribution in [0.4, 0.5) is 5.82 Å². The van der Waals surface area contributed by atoms with Crippen molar-refractivity contribution in [3.63, 3.8) is 0 Å². The molecule has 1 unspecified atom stereocenters. The molecule has 1 aliphatic heterocycles. The number of fused-ring (bicyclic) bond motifs is 1. The lowest BCUT2D eigenvalue weighted by Crippen LogP contribution is -2.45. The van der Waals surface area contributed by atoms with Crippen molar-refractivity contribution in [3.8, 4) is 0 Å². The minimum absolute atomic E-state index is 0.0767. The largest absolute Gasteiger partial charge is 0.464 e. The van der Waals surface area contributed by atoms with Crippen LogP contribution in [-0.2, 0) is 11.2 Å². The number of nitrogens with zero attached hydrogens (tertiary/aromatic N) is 3. The first-order chi connectivity index (χ1) is 12.1. The number of esters is 1. The fourth-order valence-electron chi connectivity index (χ4n) is 4.27. The molecule has 1 aromatic carbocycles. The lowest BCUT2D eigenvalue weighted by atomic mass is 9.73. The van der Waals surface area contributed by atoms with Gasteiger partial charge in [-0.25, -0.2) is 14.8 Å². The van der Waals surface area contributed by atoms with E-state index in [9.17, 15) is 4.79 Å². The van der Waals surface area contributed by atoms with Gasteiger partial charge in [0, 0.05) is 31.5 Å². The van der Waals surface area contributed by atoms with Crippen molar-refractivity contribution < 1.29 is 9.53 Å². The molecule has 6 nitrogen and oxygen atoms in total. The van der Waals surface area contributed by atoms with Crippen molar-refractivity contribution in [1.82, 2.24) is 9.97 Å². The Balaban J connectivity index is 1.55. The third-order valence-corrected chi connectivity index (χ3v) is 5.71. The van der Waals surface area contributed by atoms with Crippen molar-refractivity contribution in [2.45, 2.75) is 25.3 Å². The summed E-state index contributed by atoms with van der Waals surface area (Å²) in [4.78, 5) is 22.6. The van der Waals surface area contributed by atoms with Gasteiger partial charge in [-0.05, 0) is 35.8 Å². The Bertz CT molecular complexity index is 800. The highest BCUT2D eigenvalue weighted by Gasteiger charge is 2.46. The Morgan fingerprint density at radius 3 is 2.68 bits per heavy atom. The molecule has 6 heteroatoms. The second-order valence-electron chi connectivity index (χ2n) is 6.92. The fourth-order valence-corrected chi connectivity index (χ4v) is 4.27. The van der Waals surface area contributed by atoms with Gasteiger partial charge in [0.25, 0.3) is 0 Å². The monoisotopic (exact) mass is 338 g/mol. The molecule has 0 bridgehead atoms. The number of hydrogen-bond acceptors (Lipinski definition) is 6. The Kier molecular flexibility index (Phi) is 3.92. The molecule has 1 fully saturated rings. The van der Waals surface area contributed by atoms with Crippen molar-refractivity contribution >= 4 is 11.8 Å². The van der Waals surface area contributed by atoms with Gasteiger partial charge in [-0.15, -0.1) is 0 Å². The summed E-state index contributed by atoms with van der Waals surface area (Å²) in [7, 11) is 1.36. The summed E-state index contributed by atoms with van der Waals surface area (Å²) < 4.78 is 4.83. The first kappa shape index (κ1) is 16.0. The van der Waals surface area contributed by atoms with E-state index in [1.54, 1.807) is 6.20 Å². The molecule has 1 aromatic heterocycles. The number of ether oxygens (including phenoxy) is 1. The molecular formula is C19H22N4O2. The minimum Gasteiger partial charge on any atom is -0.464 e. The third kappa shape index (κ3) is 2.57. The summed E-state index contributed by atoms with van der Waals surface area (Å²) in [5, 5.41) is 0. The number of carbonyl (C=O) groups excluding carboxylic acids is 1. The van der Waals surface area contributed by atoms with Gasteiger partial charge in [0.2, 0.25) is 0 Å². The van der Waals surface area contributed by atoms with E-state index in [2.05, 4.69) is 39.1 Å². The molecule has 1 spiro atoms. The molecule has 2 heterocycles. The van der Waals surface area contributed by atoms with Crippen LogP contribution in [0.15, 0.2) is 36.7 Å². The number of carbonyl (C=O) groups is 1. The second kappa shape index (κ2) is 6.11. The van der Waals surface area contributed by atoms with Gasteiger partial charge in [0.1, 0.15) is 0 Å². The molecule has 1 saturated heterocycles. The van der Waals surface area contributed by atoms with Crippen molar-refractivity contribution in [3.05, 3.63) is 53.5 Å². The average Bonchev–Trinajstić information content (AvgIpc) is 2.94. The van der Waals surface area contributed by atoms with Gasteiger partial charge in [0.15, 0.2) is 11.5 Å². The number of hydrogen-bond donors (Lipinski definition) is 1. The van der Waals surface area contributed by atoms with Crippen LogP contribution < -0.4 is 10.6 Å². The molecule has 130 valence electrons. The third-order valence-electron chi connectivity index (χ3n) is 5.71. The minimum atomic E-state index is -0.451. The predicted molar refractivity (Wildman–Crippen MR) is 94.3 cm³/mol. The number of methoxy groups -OCH3 is 1. The highest BCUT2D eigenvalue weighted by Crippen LogP contribution is 2.50. The number of aromatic nitrogens is 2. The molecule has 1 aliphatic carbocycles. The van der Waals surface area contributed by atoms with E-state index >= 15 is 0 Å². The van der Waals surface area contributed by atoms with E-state index in [0.29, 0.717) is 5.82 Å². The first-order valence-corrected chi connectivity index (χ1v) is 8.62. The molecule has 2 N–H and O–H groups in total. The van der Waals surface area contributed by atoms with Crippen LogP contribution in [0.3, 0.4) is 0 Å². The summed E-state index contributed by atoms with van der Waals surface area (Å²) in [6.45, 7) is 1.62. The van der Waals surface area contributed by atoms with Gasteiger partial charge in [0.05, 0.1) is 7.11 Å². The standard InChI is InChI=1S/C19H22N4O2/c1-25-18(24)15-17(22-9-8-21-15)23-10-6-19(7-11-23)12-13-4-2-3-5-14(13)16(19)20/h2-5,8-9,16H,6-7,10-12,20H2,1H3. The molecule has 25 heavy (non-hydrogen) atoms. The molecule has 0 amide bonds. The number of nitrogens with two attached hydrogens (primary N) is 1. The molecule has 0 radical (unpaired) electrons. The number of benzene rings is 1. The maximum atomic E-state index is 12.0. The predicted octanol–water partition coefficient (Wildman–Crippen LogP) is 2.11. The van der Waals surface area contributed by atoms with E-state index in [-0.39, 0.29) is 17.2 Å². The van der Waals surface area contributed by atoms with E-state index in [1.807, 2.05) is 0 Å². The molecule has 0 saturated carbocycles. The summed E-state index contributed by atoms with van der Waals surface area (Å²) in [6, 6.07) is 8.57. The smallest absolute Gasteiger partial charge is 0.360 e. The quantitative estimate of drug-likeness (QED) is 0.845. The van der Waals surface area contributed by atoms with Gasteiger partial charge in [-0.3, -0.25) is 0 Å². The van der Waals surface area contributed by atoms with Crippen LogP contribution in [0.2, 0.25) is 0 Å². The summed E-state index contributed by atoms with van der Waals surface area (Å²) in [6.07, 6.45) is 6.11. The highest BCUT2D eigenvalue weighted by atomic mass is 16.5. The summed E-state index contributed by atoms with van der Waals surface area (Å²) in [5.41, 5.74) is 9.66. The molecule has 1 atom stereocenters. The molecular weight excluding hydrogens is 316 g/mol. The van der Waals surface area contributed by atoms with Crippen molar-refractivity contribution in [2.75, 3.05) is 25.1 Å². The van der Waals surface area contributed by atoms with Gasteiger partial charge in [-0.1, -0.05) is 24.3 Å². The van der Waals surface area contributed by atoms with E-state index in [4.69, 9.17) is 10.5 Å². The van der Waals surface area contributed by atoms with E-state index in [1.165, 1.54) is 24.4 Å². The highest BCUT2D eigenvalue weighted by molar-refractivity contribution is 5.92. The van der Waals surface area contributed by atoms with Crippen LogP contribution in [0, 0.1) is 5.41 Å². The summed E-state index contributed by atoms with van der Waals surface area (Å²) >= 11 is 0. The molecule has 4 rings (SSSR count). The van der Waals surface area contributed by atoms with Crippen LogP contribution in [-0.4, -0.2) is 36.1 Å². The zero-order chi connectivity index (χ0) is 17.4. The normalized spacial score (nSPS) is 21.2. The van der Waals surface area contributed by atoms with E-state index < -0.39 is 5.97 Å². The molecule has 2 aliphatic rings. The second-order valence-corrected chi connectivity index (χ2v) is 6.92. The Morgan fingerprint density at radius 1 is 1.24 bits per heavy atom. The Hall–Kier alpha value is -2.47. The van der Waals surface area contributed by atoms with E-state index in [0.717, 1.165) is 32.4 Å². The van der Waals surface area contributed by atoms with Crippen LogP contribution in [0.1, 0.15) is 40.5 Å². The van der Waals surface area contributed by atoms with Gasteiger partial charge in [-0.2, -0.15) is 0 Å². The van der Waals surface area contributed by atoms with Crippen molar-refractivity contribution in [2.24, 2.45) is 11.1 Å². The van der Waals surface area contributed by atoms with Gasteiger partial charge < -0.3 is 15.4 Å². The SMILES string of the molecule is COC(=O)c1nccnc1N1CCC2(CC1)Cc1ccccc1C2N. The topological polar surface area (TPSA) is 81.3 Å². The van der Waals surface area contributed by atoms with Crippen LogP contribution in [0.5, 0.6) is 0 Å². The fraction of sp³-hybridized carbons (Fsp3) is 0.421. The zero-order valence-corrected chi connectivity index (χ0v) is 14.3. The Labute approximate surface area is 147 Å². The maximum Gasteiger partial charge on any atom is 0.360 e. The number of anilines is 1. The first-order valence-electron chi connectivity index (χ1n) is 8.62. The molecule has 2 aromatic rings. The van der Waals surface area contributed by atoms with Crippen molar-refractivity contribution in [1.29, 1.82) is 0 Å². The maximum absolute atomic E-state index is 12.0. The Morgan fingerprint density at radius 2 is 1.96 bits per heavy atom. The zero-order valence-electron chi connectivity index (χ0n) is 14.3. The number of piperidine rings is 1. The van der Waals surface area contributed by atoms with Crippen LogP contribution in [0.25, 0.3) is 0 Å². The lowest BCUT2D eigenvalue weighted by molar-refractivity contribution is 0.0594. The number of rotatable bonds is 2. The summed E-state index contributed by atoms with van der Waals surface area (Å²) in [5.74, 6) is 0.154. The lowest BCUT2D eigenvalue weighted by Gasteiger charge is -2.42. The average molecular weight is 338 g/mol. The van der Waals surface area contributed by atoms with Crippen LogP contribution >= 0.6 is 0 Å².